The zero-order valence-corrected chi connectivity index (χ0v) is 12.4. The van der Waals surface area contributed by atoms with Crippen LogP contribution >= 0.6 is 11.6 Å². The normalized spacial score (nSPS) is 12.0. The van der Waals surface area contributed by atoms with Gasteiger partial charge in [0.1, 0.15) is 0 Å². The maximum atomic E-state index is 6.29. The van der Waals surface area contributed by atoms with Crippen LogP contribution in [-0.4, -0.2) is 9.97 Å². The van der Waals surface area contributed by atoms with Gasteiger partial charge in [-0.1, -0.05) is 38.4 Å². The Morgan fingerprint density at radius 2 is 1.95 bits per heavy atom. The van der Waals surface area contributed by atoms with Gasteiger partial charge in [-0.25, -0.2) is 4.98 Å². The van der Waals surface area contributed by atoms with Crippen LogP contribution in [0.25, 0.3) is 22.7 Å². The van der Waals surface area contributed by atoms with Crippen molar-refractivity contribution in [3.8, 4) is 11.5 Å². The van der Waals surface area contributed by atoms with Crippen molar-refractivity contribution in [2.75, 3.05) is 0 Å². The summed E-state index contributed by atoms with van der Waals surface area (Å²) in [5.74, 6) is 0.509. The van der Waals surface area contributed by atoms with Gasteiger partial charge in [0.05, 0.1) is 10.6 Å². The average Bonchev–Trinajstić information content (AvgIpc) is 2.81. The second-order valence-electron chi connectivity index (χ2n) is 5.79. The van der Waals surface area contributed by atoms with E-state index in [1.165, 1.54) is 5.56 Å². The van der Waals surface area contributed by atoms with E-state index in [1.807, 2.05) is 30.3 Å². The maximum absolute atomic E-state index is 6.29. The average molecular weight is 287 g/mol. The van der Waals surface area contributed by atoms with Gasteiger partial charge in [-0.15, -0.1) is 0 Å². The highest BCUT2D eigenvalue weighted by Crippen LogP contribution is 2.33. The van der Waals surface area contributed by atoms with Crippen molar-refractivity contribution in [3.05, 3.63) is 47.1 Å². The smallest absolute Gasteiger partial charge is 0.230 e. The highest BCUT2D eigenvalue weighted by atomic mass is 35.5. The first-order valence-electron chi connectivity index (χ1n) is 6.47. The highest BCUT2D eigenvalue weighted by molar-refractivity contribution is 6.33. The lowest BCUT2D eigenvalue weighted by Crippen LogP contribution is -2.10. The largest absolute Gasteiger partial charge is 0.434 e. The lowest BCUT2D eigenvalue weighted by Gasteiger charge is -2.19. The number of benzene rings is 1. The molecule has 0 amide bonds. The lowest BCUT2D eigenvalue weighted by molar-refractivity contribution is 0.588. The summed E-state index contributed by atoms with van der Waals surface area (Å²) in [6.07, 6.45) is 1.70. The Kier molecular flexibility index (Phi) is 3.02. The van der Waals surface area contributed by atoms with Gasteiger partial charge in [0, 0.05) is 6.20 Å². The van der Waals surface area contributed by atoms with Crippen LogP contribution in [0.4, 0.5) is 0 Å². The molecule has 4 heteroatoms. The fourth-order valence-electron chi connectivity index (χ4n) is 2.04. The topological polar surface area (TPSA) is 38.9 Å². The number of pyridine rings is 1. The molecule has 0 aliphatic carbocycles. The summed E-state index contributed by atoms with van der Waals surface area (Å²) >= 11 is 6.29. The molecule has 3 nitrogen and oxygen atoms in total. The van der Waals surface area contributed by atoms with E-state index in [-0.39, 0.29) is 5.41 Å². The number of nitrogens with zero attached hydrogens (tertiary/aromatic N) is 2. The molecule has 102 valence electrons. The van der Waals surface area contributed by atoms with Gasteiger partial charge in [-0.3, -0.25) is 0 Å². The fraction of sp³-hybridized carbons (Fsp3) is 0.250. The third-order valence-corrected chi connectivity index (χ3v) is 3.56. The first-order chi connectivity index (χ1) is 9.45. The first-order valence-corrected chi connectivity index (χ1v) is 6.85. The van der Waals surface area contributed by atoms with E-state index in [9.17, 15) is 0 Å². The molecule has 3 aromatic rings. The second kappa shape index (κ2) is 4.60. The number of hydrogen-bond donors (Lipinski definition) is 0. The summed E-state index contributed by atoms with van der Waals surface area (Å²) in [6, 6.07) is 9.63. The molecule has 3 rings (SSSR count). The summed E-state index contributed by atoms with van der Waals surface area (Å²) in [5, 5.41) is 0.629. The quantitative estimate of drug-likeness (QED) is 0.642. The molecule has 0 aliphatic heterocycles. The fourth-order valence-corrected chi connectivity index (χ4v) is 2.24. The summed E-state index contributed by atoms with van der Waals surface area (Å²) in [4.78, 5) is 8.59. The molecule has 0 spiro atoms. The van der Waals surface area contributed by atoms with Crippen molar-refractivity contribution < 1.29 is 4.42 Å². The monoisotopic (exact) mass is 286 g/mol. The third kappa shape index (κ3) is 2.29. The number of hydrogen-bond acceptors (Lipinski definition) is 3. The van der Waals surface area contributed by atoms with Crippen molar-refractivity contribution in [1.82, 2.24) is 9.97 Å². The Morgan fingerprint density at radius 1 is 1.15 bits per heavy atom. The Balaban J connectivity index is 2.17. The van der Waals surface area contributed by atoms with Crippen LogP contribution in [-0.2, 0) is 5.41 Å². The standard InChI is InChI=1S/C16H15ClN2O/c1-16(2,3)10-6-7-12(17)11(9-10)15-19-14-13(20-15)5-4-8-18-14/h4-9H,1-3H3. The number of aromatic nitrogens is 2. The summed E-state index contributed by atoms with van der Waals surface area (Å²) in [7, 11) is 0. The van der Waals surface area contributed by atoms with E-state index >= 15 is 0 Å². The Labute approximate surface area is 122 Å². The zero-order chi connectivity index (χ0) is 14.3. The van der Waals surface area contributed by atoms with Crippen molar-refractivity contribution in [3.63, 3.8) is 0 Å². The highest BCUT2D eigenvalue weighted by Gasteiger charge is 2.18. The van der Waals surface area contributed by atoms with Crippen LogP contribution in [0.5, 0.6) is 0 Å². The zero-order valence-electron chi connectivity index (χ0n) is 11.6. The number of halogens is 1. The van der Waals surface area contributed by atoms with E-state index in [1.54, 1.807) is 6.20 Å². The van der Waals surface area contributed by atoms with E-state index < -0.39 is 0 Å². The van der Waals surface area contributed by atoms with Gasteiger partial charge < -0.3 is 4.42 Å². The van der Waals surface area contributed by atoms with E-state index in [4.69, 9.17) is 16.0 Å². The van der Waals surface area contributed by atoms with Gasteiger partial charge in [0.25, 0.3) is 0 Å². The predicted octanol–water partition coefficient (Wildman–Crippen LogP) is 4.84. The Hall–Kier alpha value is -1.87. The number of fused-ring (bicyclic) bond motifs is 1. The van der Waals surface area contributed by atoms with Crippen LogP contribution in [0.3, 0.4) is 0 Å². The van der Waals surface area contributed by atoms with Gasteiger partial charge in [-0.2, -0.15) is 4.98 Å². The number of rotatable bonds is 1. The van der Waals surface area contributed by atoms with Gasteiger partial charge >= 0.3 is 0 Å². The van der Waals surface area contributed by atoms with Crippen molar-refractivity contribution in [1.29, 1.82) is 0 Å². The molecule has 0 N–H and O–H groups in total. The van der Waals surface area contributed by atoms with E-state index in [2.05, 4.69) is 30.7 Å². The molecule has 0 saturated carbocycles. The van der Waals surface area contributed by atoms with Gasteiger partial charge in [-0.05, 0) is 35.2 Å². The minimum absolute atomic E-state index is 0.0452. The lowest BCUT2D eigenvalue weighted by atomic mass is 9.86. The molecule has 20 heavy (non-hydrogen) atoms. The van der Waals surface area contributed by atoms with Crippen LogP contribution in [0, 0.1) is 0 Å². The van der Waals surface area contributed by atoms with E-state index in [0.717, 1.165) is 5.56 Å². The van der Waals surface area contributed by atoms with Gasteiger partial charge in [0.2, 0.25) is 5.89 Å². The molecule has 0 atom stereocenters. The molecule has 0 fully saturated rings. The molecule has 2 aromatic heterocycles. The summed E-state index contributed by atoms with van der Waals surface area (Å²) in [5.41, 5.74) is 3.30. The first kappa shape index (κ1) is 13.1. The Morgan fingerprint density at radius 3 is 2.65 bits per heavy atom. The molecule has 0 aliphatic rings. The van der Waals surface area contributed by atoms with Crippen molar-refractivity contribution in [2.24, 2.45) is 0 Å². The SMILES string of the molecule is CC(C)(C)c1ccc(Cl)c(-c2nc3ncccc3o2)c1. The van der Waals surface area contributed by atoms with Crippen LogP contribution < -0.4 is 0 Å². The molecular formula is C16H15ClN2O. The molecule has 1 aromatic carbocycles. The van der Waals surface area contributed by atoms with E-state index in [0.29, 0.717) is 22.1 Å². The van der Waals surface area contributed by atoms with Crippen LogP contribution in [0.1, 0.15) is 26.3 Å². The van der Waals surface area contributed by atoms with Crippen molar-refractivity contribution in [2.45, 2.75) is 26.2 Å². The molecular weight excluding hydrogens is 272 g/mol. The summed E-state index contributed by atoms with van der Waals surface area (Å²) in [6.45, 7) is 6.48. The molecule has 0 unspecified atom stereocenters. The predicted molar refractivity (Wildman–Crippen MR) is 81.0 cm³/mol. The number of oxazole rings is 1. The summed E-state index contributed by atoms with van der Waals surface area (Å²) < 4.78 is 5.74. The van der Waals surface area contributed by atoms with Crippen molar-refractivity contribution >= 4 is 22.8 Å². The minimum Gasteiger partial charge on any atom is -0.434 e. The van der Waals surface area contributed by atoms with Crippen LogP contribution in [0.15, 0.2) is 40.9 Å². The Bertz CT molecular complexity index is 738. The maximum Gasteiger partial charge on any atom is 0.230 e. The second-order valence-corrected chi connectivity index (χ2v) is 6.20. The van der Waals surface area contributed by atoms with Crippen LogP contribution in [0.2, 0.25) is 5.02 Å². The molecule has 0 bridgehead atoms. The van der Waals surface area contributed by atoms with Gasteiger partial charge in [0.15, 0.2) is 11.2 Å². The molecule has 0 saturated heterocycles. The minimum atomic E-state index is 0.0452. The third-order valence-electron chi connectivity index (χ3n) is 3.23. The molecule has 2 heterocycles. The molecule has 0 radical (unpaired) electrons.